The highest BCUT2D eigenvalue weighted by molar-refractivity contribution is 5.72. The van der Waals surface area contributed by atoms with Crippen molar-refractivity contribution in [3.63, 3.8) is 0 Å². The minimum Gasteiger partial charge on any atom is -0.334 e. The number of carbonyl (C=O) groups excluding carboxylic acids is 1. The van der Waals surface area contributed by atoms with Crippen molar-refractivity contribution in [2.45, 2.75) is 19.9 Å². The van der Waals surface area contributed by atoms with Crippen molar-refractivity contribution < 1.29 is 9.63 Å². The maximum absolute atomic E-state index is 10.7. The van der Waals surface area contributed by atoms with Crippen molar-refractivity contribution in [2.75, 3.05) is 6.61 Å². The Bertz CT molecular complexity index is 134. The summed E-state index contributed by atoms with van der Waals surface area (Å²) < 4.78 is 0. The Morgan fingerprint density at radius 3 is 2.82 bits per heavy atom. The van der Waals surface area contributed by atoms with E-state index in [1.54, 1.807) is 6.08 Å². The summed E-state index contributed by atoms with van der Waals surface area (Å²) in [6, 6.07) is -0.218. The summed E-state index contributed by atoms with van der Waals surface area (Å²) in [7, 11) is 0. The van der Waals surface area contributed by atoms with Crippen LogP contribution in [0.15, 0.2) is 12.7 Å². The summed E-state index contributed by atoms with van der Waals surface area (Å²) in [5.74, 6) is 0. The molecule has 2 amide bonds. The van der Waals surface area contributed by atoms with E-state index < -0.39 is 0 Å². The van der Waals surface area contributed by atoms with Gasteiger partial charge in [-0.15, -0.1) is 6.58 Å². The van der Waals surface area contributed by atoms with E-state index in [1.165, 1.54) is 0 Å². The second-order valence-corrected chi connectivity index (χ2v) is 2.33. The Morgan fingerprint density at radius 2 is 2.36 bits per heavy atom. The number of hydrogen-bond acceptors (Lipinski definition) is 2. The van der Waals surface area contributed by atoms with Gasteiger partial charge in [0.2, 0.25) is 0 Å². The van der Waals surface area contributed by atoms with Crippen molar-refractivity contribution in [3.8, 4) is 0 Å². The van der Waals surface area contributed by atoms with Gasteiger partial charge in [0.05, 0.1) is 6.61 Å². The van der Waals surface area contributed by atoms with Crippen molar-refractivity contribution in [1.29, 1.82) is 0 Å². The Kier molecular flexibility index (Phi) is 5.20. The van der Waals surface area contributed by atoms with Crippen LogP contribution in [0.2, 0.25) is 0 Å². The topological polar surface area (TPSA) is 50.4 Å². The van der Waals surface area contributed by atoms with E-state index in [1.807, 2.05) is 13.8 Å². The van der Waals surface area contributed by atoms with Gasteiger partial charge in [-0.2, -0.15) is 0 Å². The fraction of sp³-hybridized carbons (Fsp3) is 0.571. The number of carbonyl (C=O) groups is 1. The van der Waals surface area contributed by atoms with Gasteiger partial charge in [-0.05, 0) is 13.8 Å². The Balaban J connectivity index is 3.30. The van der Waals surface area contributed by atoms with Crippen LogP contribution in [0, 0.1) is 0 Å². The Morgan fingerprint density at radius 1 is 1.73 bits per heavy atom. The fourth-order valence-electron chi connectivity index (χ4n) is 0.458. The third kappa shape index (κ3) is 6.86. The first kappa shape index (κ1) is 9.97. The van der Waals surface area contributed by atoms with Crippen LogP contribution in [0.25, 0.3) is 0 Å². The molecule has 11 heavy (non-hydrogen) atoms. The minimum absolute atomic E-state index is 0.113. The van der Waals surface area contributed by atoms with Gasteiger partial charge in [0.1, 0.15) is 0 Å². The van der Waals surface area contributed by atoms with E-state index in [9.17, 15) is 4.79 Å². The molecule has 4 nitrogen and oxygen atoms in total. The number of rotatable bonds is 4. The quantitative estimate of drug-likeness (QED) is 0.361. The molecule has 0 atom stereocenters. The molecule has 0 bridgehead atoms. The van der Waals surface area contributed by atoms with Crippen LogP contribution in [0.1, 0.15) is 13.8 Å². The summed E-state index contributed by atoms with van der Waals surface area (Å²) in [6.45, 7) is 7.47. The Hall–Kier alpha value is -1.03. The Labute approximate surface area is 66.6 Å². The van der Waals surface area contributed by atoms with Crippen molar-refractivity contribution in [1.82, 2.24) is 10.8 Å². The molecule has 0 radical (unpaired) electrons. The zero-order valence-corrected chi connectivity index (χ0v) is 6.89. The molecule has 0 spiro atoms. The number of nitrogens with one attached hydrogen (secondary N) is 2. The number of hydroxylamine groups is 1. The van der Waals surface area contributed by atoms with Crippen LogP contribution in [-0.2, 0) is 4.84 Å². The monoisotopic (exact) mass is 158 g/mol. The van der Waals surface area contributed by atoms with Crippen LogP contribution in [0.3, 0.4) is 0 Å². The normalized spacial score (nSPS) is 9.36. The maximum atomic E-state index is 10.7. The molecular weight excluding hydrogens is 144 g/mol. The highest BCUT2D eigenvalue weighted by atomic mass is 16.7. The number of hydrogen-bond donors (Lipinski definition) is 2. The molecule has 0 aromatic heterocycles. The molecule has 0 aliphatic heterocycles. The van der Waals surface area contributed by atoms with Gasteiger partial charge in [-0.3, -0.25) is 4.84 Å². The average Bonchev–Trinajstić information content (AvgIpc) is 1.86. The second kappa shape index (κ2) is 5.73. The van der Waals surface area contributed by atoms with E-state index >= 15 is 0 Å². The predicted molar refractivity (Wildman–Crippen MR) is 43.0 cm³/mol. The smallest absolute Gasteiger partial charge is 0.334 e. The first-order valence-corrected chi connectivity index (χ1v) is 3.46. The number of urea groups is 1. The van der Waals surface area contributed by atoms with Gasteiger partial charge < -0.3 is 5.32 Å². The molecule has 0 fully saturated rings. The summed E-state index contributed by atoms with van der Waals surface area (Å²) in [4.78, 5) is 15.4. The molecule has 4 heteroatoms. The largest absolute Gasteiger partial charge is 0.338 e. The van der Waals surface area contributed by atoms with E-state index in [0.29, 0.717) is 6.61 Å². The van der Waals surface area contributed by atoms with Crippen LogP contribution < -0.4 is 10.8 Å². The first-order chi connectivity index (χ1) is 5.16. The lowest BCUT2D eigenvalue weighted by atomic mass is 10.4. The molecule has 64 valence electrons. The van der Waals surface area contributed by atoms with Gasteiger partial charge in [0, 0.05) is 6.04 Å². The van der Waals surface area contributed by atoms with Crippen molar-refractivity contribution >= 4 is 6.03 Å². The van der Waals surface area contributed by atoms with E-state index in [-0.39, 0.29) is 12.1 Å². The molecule has 0 aliphatic rings. The molecule has 0 heterocycles. The van der Waals surface area contributed by atoms with Crippen molar-refractivity contribution in [2.24, 2.45) is 0 Å². The highest BCUT2D eigenvalue weighted by Crippen LogP contribution is 1.76. The first-order valence-electron chi connectivity index (χ1n) is 3.46. The van der Waals surface area contributed by atoms with Crippen molar-refractivity contribution in [3.05, 3.63) is 12.7 Å². The van der Waals surface area contributed by atoms with Gasteiger partial charge >= 0.3 is 6.03 Å². The second-order valence-electron chi connectivity index (χ2n) is 2.33. The van der Waals surface area contributed by atoms with E-state index in [2.05, 4.69) is 22.2 Å². The molecule has 0 rings (SSSR count). The van der Waals surface area contributed by atoms with Crippen LogP contribution in [0.5, 0.6) is 0 Å². The summed E-state index contributed by atoms with van der Waals surface area (Å²) in [5.41, 5.74) is 2.19. The van der Waals surface area contributed by atoms with Crippen LogP contribution in [0.4, 0.5) is 4.79 Å². The maximum Gasteiger partial charge on any atom is 0.338 e. The molecule has 0 saturated carbocycles. The zero-order chi connectivity index (χ0) is 8.69. The SMILES string of the molecule is C=CCONC(=O)NC(C)C. The van der Waals surface area contributed by atoms with E-state index in [4.69, 9.17) is 0 Å². The lowest BCUT2D eigenvalue weighted by Gasteiger charge is -2.08. The molecule has 0 unspecified atom stereocenters. The molecular formula is C7H14N2O2. The molecule has 0 aromatic rings. The molecule has 0 aromatic carbocycles. The minimum atomic E-state index is -0.332. The molecule has 0 aliphatic carbocycles. The predicted octanol–water partition coefficient (Wildman–Crippen LogP) is 0.812. The average molecular weight is 158 g/mol. The van der Waals surface area contributed by atoms with Gasteiger partial charge in [-0.25, -0.2) is 10.3 Å². The lowest BCUT2D eigenvalue weighted by molar-refractivity contribution is 0.0808. The lowest BCUT2D eigenvalue weighted by Crippen LogP contribution is -2.39. The van der Waals surface area contributed by atoms with Gasteiger partial charge in [-0.1, -0.05) is 6.08 Å². The third-order valence-corrected chi connectivity index (χ3v) is 0.786. The number of amides is 2. The highest BCUT2D eigenvalue weighted by Gasteiger charge is 1.99. The molecule has 2 N–H and O–H groups in total. The zero-order valence-electron chi connectivity index (χ0n) is 6.89. The van der Waals surface area contributed by atoms with Crippen LogP contribution >= 0.6 is 0 Å². The van der Waals surface area contributed by atoms with Gasteiger partial charge in [0.15, 0.2) is 0 Å². The summed E-state index contributed by atoms with van der Waals surface area (Å²) >= 11 is 0. The molecule has 0 saturated heterocycles. The van der Waals surface area contributed by atoms with Crippen LogP contribution in [-0.4, -0.2) is 18.7 Å². The summed E-state index contributed by atoms with van der Waals surface area (Å²) in [6.07, 6.45) is 1.55. The van der Waals surface area contributed by atoms with E-state index in [0.717, 1.165) is 0 Å². The fourth-order valence-corrected chi connectivity index (χ4v) is 0.458. The third-order valence-electron chi connectivity index (χ3n) is 0.786. The standard InChI is InChI=1S/C7H14N2O2/c1-4-5-11-9-7(10)8-6(2)3/h4,6H,1,5H2,2-3H3,(H2,8,9,10). The summed E-state index contributed by atoms with van der Waals surface area (Å²) in [5, 5.41) is 2.59. The van der Waals surface area contributed by atoms with Gasteiger partial charge in [0.25, 0.3) is 0 Å².